The van der Waals surface area contributed by atoms with Crippen molar-refractivity contribution in [2.75, 3.05) is 7.11 Å². The smallest absolute Gasteiger partial charge is 0.330 e. The van der Waals surface area contributed by atoms with Crippen molar-refractivity contribution in [1.29, 1.82) is 0 Å². The molecule has 4 rings (SSSR count). The summed E-state index contributed by atoms with van der Waals surface area (Å²) in [7, 11) is 1.61. The Labute approximate surface area is 143 Å². The molecule has 3 aromatic rings. The fraction of sp³-hybridized carbons (Fsp3) is 0.389. The van der Waals surface area contributed by atoms with E-state index in [0.29, 0.717) is 23.6 Å². The second-order valence-corrected chi connectivity index (χ2v) is 6.50. The lowest BCUT2D eigenvalue weighted by Crippen LogP contribution is -2.30. The van der Waals surface area contributed by atoms with Crippen molar-refractivity contribution in [1.82, 2.24) is 19.5 Å². The summed E-state index contributed by atoms with van der Waals surface area (Å²) < 4.78 is 6.66. The van der Waals surface area contributed by atoms with Crippen molar-refractivity contribution in [3.05, 3.63) is 56.5 Å². The molecule has 1 saturated carbocycles. The quantitative estimate of drug-likeness (QED) is 0.761. The molecule has 0 aliphatic heterocycles. The summed E-state index contributed by atoms with van der Waals surface area (Å²) in [5.41, 5.74) is 0.865. The van der Waals surface area contributed by atoms with Gasteiger partial charge >= 0.3 is 5.69 Å². The van der Waals surface area contributed by atoms with Crippen LogP contribution in [0, 0.1) is 0 Å². The first kappa shape index (κ1) is 15.7. The van der Waals surface area contributed by atoms with Crippen LogP contribution in [0.1, 0.15) is 43.0 Å². The SMILES string of the molecule is COc1ccc(Cn2c(=O)[nH]c(=O)c3[nH]c(C4CCCC4)nc32)cc1. The Morgan fingerprint density at radius 2 is 1.88 bits per heavy atom. The second-order valence-electron chi connectivity index (χ2n) is 6.50. The van der Waals surface area contributed by atoms with Crippen LogP contribution in [-0.2, 0) is 6.54 Å². The molecule has 0 unspecified atom stereocenters. The third kappa shape index (κ3) is 2.86. The van der Waals surface area contributed by atoms with Crippen molar-refractivity contribution in [2.45, 2.75) is 38.1 Å². The van der Waals surface area contributed by atoms with E-state index in [-0.39, 0.29) is 0 Å². The highest BCUT2D eigenvalue weighted by Gasteiger charge is 2.22. The van der Waals surface area contributed by atoms with Crippen molar-refractivity contribution in [3.8, 4) is 5.75 Å². The molecule has 1 aliphatic carbocycles. The third-order valence-electron chi connectivity index (χ3n) is 4.89. The molecule has 2 N–H and O–H groups in total. The molecule has 2 aromatic heterocycles. The molecule has 1 aromatic carbocycles. The van der Waals surface area contributed by atoms with Gasteiger partial charge in [-0.1, -0.05) is 25.0 Å². The number of benzene rings is 1. The van der Waals surface area contributed by atoms with Gasteiger partial charge in [-0.3, -0.25) is 14.3 Å². The fourth-order valence-corrected chi connectivity index (χ4v) is 3.51. The molecule has 0 bridgehead atoms. The van der Waals surface area contributed by atoms with Gasteiger partial charge in [0.2, 0.25) is 0 Å². The van der Waals surface area contributed by atoms with E-state index in [1.54, 1.807) is 7.11 Å². The molecule has 7 nitrogen and oxygen atoms in total. The molecule has 7 heteroatoms. The number of hydrogen-bond donors (Lipinski definition) is 2. The summed E-state index contributed by atoms with van der Waals surface area (Å²) in [6.07, 6.45) is 4.49. The van der Waals surface area contributed by atoms with Crippen molar-refractivity contribution in [3.63, 3.8) is 0 Å². The zero-order valence-electron chi connectivity index (χ0n) is 14.0. The molecule has 0 saturated heterocycles. The lowest BCUT2D eigenvalue weighted by atomic mass is 10.1. The van der Waals surface area contributed by atoms with Crippen molar-refractivity contribution in [2.24, 2.45) is 0 Å². The molecule has 1 fully saturated rings. The minimum absolute atomic E-state index is 0.338. The lowest BCUT2D eigenvalue weighted by Gasteiger charge is -2.07. The molecule has 2 heterocycles. The van der Waals surface area contributed by atoms with Gasteiger partial charge in [0.05, 0.1) is 13.7 Å². The molecule has 130 valence electrons. The molecule has 0 radical (unpaired) electrons. The van der Waals surface area contributed by atoms with E-state index in [1.165, 1.54) is 17.4 Å². The number of imidazole rings is 1. The minimum atomic E-state index is -0.446. The molecule has 1 aliphatic rings. The summed E-state index contributed by atoms with van der Waals surface area (Å²) in [6.45, 7) is 0.338. The van der Waals surface area contributed by atoms with Gasteiger partial charge < -0.3 is 9.72 Å². The molecule has 0 atom stereocenters. The monoisotopic (exact) mass is 340 g/mol. The highest BCUT2D eigenvalue weighted by atomic mass is 16.5. The highest BCUT2D eigenvalue weighted by molar-refractivity contribution is 5.70. The first-order chi connectivity index (χ1) is 12.2. The number of nitrogens with zero attached hydrogens (tertiary/aromatic N) is 2. The fourth-order valence-electron chi connectivity index (χ4n) is 3.51. The second kappa shape index (κ2) is 6.23. The predicted octanol–water partition coefficient (Wildman–Crippen LogP) is 2.13. The number of ether oxygens (including phenoxy) is 1. The molecule has 25 heavy (non-hydrogen) atoms. The summed E-state index contributed by atoms with van der Waals surface area (Å²) in [5, 5.41) is 0. The number of methoxy groups -OCH3 is 1. The number of hydrogen-bond acceptors (Lipinski definition) is 4. The zero-order valence-corrected chi connectivity index (χ0v) is 14.0. The van der Waals surface area contributed by atoms with Gasteiger partial charge in [0.1, 0.15) is 17.1 Å². The molecular weight excluding hydrogens is 320 g/mol. The Balaban J connectivity index is 1.78. The minimum Gasteiger partial charge on any atom is -0.497 e. The van der Waals surface area contributed by atoms with Crippen LogP contribution < -0.4 is 16.0 Å². The number of H-pyrrole nitrogens is 2. The molecule has 0 amide bonds. The van der Waals surface area contributed by atoms with Gasteiger partial charge in [0.25, 0.3) is 5.56 Å². The summed E-state index contributed by atoms with van der Waals surface area (Å²) in [5.74, 6) is 1.91. The van der Waals surface area contributed by atoms with Crippen LogP contribution in [0.25, 0.3) is 11.2 Å². The zero-order chi connectivity index (χ0) is 17.4. The van der Waals surface area contributed by atoms with Crippen LogP contribution in [0.5, 0.6) is 5.75 Å². The van der Waals surface area contributed by atoms with Crippen LogP contribution in [0.4, 0.5) is 0 Å². The van der Waals surface area contributed by atoms with Crippen LogP contribution >= 0.6 is 0 Å². The maximum Gasteiger partial charge on any atom is 0.330 e. The number of aromatic amines is 2. The molecule has 0 spiro atoms. The van der Waals surface area contributed by atoms with E-state index in [2.05, 4.69) is 15.0 Å². The van der Waals surface area contributed by atoms with Crippen molar-refractivity contribution >= 4 is 11.2 Å². The van der Waals surface area contributed by atoms with E-state index >= 15 is 0 Å². The first-order valence-corrected chi connectivity index (χ1v) is 8.51. The Morgan fingerprint density at radius 1 is 1.16 bits per heavy atom. The van der Waals surface area contributed by atoms with E-state index < -0.39 is 11.2 Å². The molecular formula is C18H20N4O3. The summed E-state index contributed by atoms with van der Waals surface area (Å²) >= 11 is 0. The topological polar surface area (TPSA) is 92.8 Å². The van der Waals surface area contributed by atoms with E-state index in [1.807, 2.05) is 24.3 Å². The Hall–Kier alpha value is -2.83. The third-order valence-corrected chi connectivity index (χ3v) is 4.89. The lowest BCUT2D eigenvalue weighted by molar-refractivity contribution is 0.414. The van der Waals surface area contributed by atoms with Gasteiger partial charge in [-0.2, -0.15) is 0 Å². The summed E-state index contributed by atoms with van der Waals surface area (Å²) in [4.78, 5) is 34.6. The van der Waals surface area contributed by atoms with E-state index in [9.17, 15) is 9.59 Å². The number of rotatable bonds is 4. The highest BCUT2D eigenvalue weighted by Crippen LogP contribution is 2.32. The predicted molar refractivity (Wildman–Crippen MR) is 94.3 cm³/mol. The summed E-state index contributed by atoms with van der Waals surface area (Å²) in [6, 6.07) is 7.48. The Bertz CT molecular complexity index is 1010. The largest absolute Gasteiger partial charge is 0.497 e. The maximum absolute atomic E-state index is 12.3. The van der Waals surface area contributed by atoms with Crippen LogP contribution in [0.2, 0.25) is 0 Å². The Kier molecular flexibility index (Phi) is 3.91. The van der Waals surface area contributed by atoms with Gasteiger partial charge in [-0.25, -0.2) is 9.78 Å². The van der Waals surface area contributed by atoms with Gasteiger partial charge in [-0.15, -0.1) is 0 Å². The number of aromatic nitrogens is 4. The average Bonchev–Trinajstić information content (AvgIpc) is 3.28. The number of fused-ring (bicyclic) bond motifs is 1. The van der Waals surface area contributed by atoms with Gasteiger partial charge in [0, 0.05) is 5.92 Å². The van der Waals surface area contributed by atoms with Gasteiger partial charge in [0.15, 0.2) is 5.65 Å². The first-order valence-electron chi connectivity index (χ1n) is 8.51. The standard InChI is InChI=1S/C18H20N4O3/c1-25-13-8-6-11(7-9-13)10-22-16-14(17(23)21-18(22)24)19-15(20-16)12-4-2-3-5-12/h6-9,12H,2-5,10H2,1H3,(H,19,20)(H,21,23,24). The maximum atomic E-state index is 12.3. The normalized spacial score (nSPS) is 15.1. The number of nitrogens with one attached hydrogen (secondary N) is 2. The average molecular weight is 340 g/mol. The van der Waals surface area contributed by atoms with Gasteiger partial charge in [-0.05, 0) is 30.5 Å². The van der Waals surface area contributed by atoms with Crippen LogP contribution in [-0.4, -0.2) is 26.6 Å². The Morgan fingerprint density at radius 3 is 2.56 bits per heavy atom. The van der Waals surface area contributed by atoms with E-state index in [4.69, 9.17) is 4.74 Å². The van der Waals surface area contributed by atoms with E-state index in [0.717, 1.165) is 30.0 Å². The van der Waals surface area contributed by atoms with Crippen LogP contribution in [0.3, 0.4) is 0 Å². The van der Waals surface area contributed by atoms with Crippen molar-refractivity contribution < 1.29 is 4.74 Å². The van der Waals surface area contributed by atoms with Crippen LogP contribution in [0.15, 0.2) is 33.9 Å².